The number of hydrogen-bond acceptors (Lipinski definition) is 3. The molecule has 3 nitrogen and oxygen atoms in total. The number of rotatable bonds is 3. The van der Waals surface area contributed by atoms with E-state index in [2.05, 4.69) is 11.5 Å². The molecule has 0 N–H and O–H groups in total. The Labute approximate surface area is 92.1 Å². The van der Waals surface area contributed by atoms with Crippen LogP contribution in [0.3, 0.4) is 0 Å². The van der Waals surface area contributed by atoms with Gasteiger partial charge in [0.05, 0.1) is 0 Å². The predicted molar refractivity (Wildman–Crippen MR) is 60.6 cm³/mol. The van der Waals surface area contributed by atoms with Gasteiger partial charge in [-0.15, -0.1) is 6.58 Å². The Hall–Kier alpha value is -0.830. The summed E-state index contributed by atoms with van der Waals surface area (Å²) in [5.41, 5.74) is -0.389. The summed E-state index contributed by atoms with van der Waals surface area (Å²) < 4.78 is 5.38. The van der Waals surface area contributed by atoms with Gasteiger partial charge in [-0.2, -0.15) is 0 Å². The third-order valence-corrected chi connectivity index (χ3v) is 2.41. The van der Waals surface area contributed by atoms with Gasteiger partial charge in [0.15, 0.2) is 0 Å². The van der Waals surface area contributed by atoms with Crippen LogP contribution in [0.15, 0.2) is 12.7 Å². The zero-order chi connectivity index (χ0) is 11.5. The molecule has 0 aromatic carbocycles. The molecule has 0 aromatic rings. The fourth-order valence-corrected chi connectivity index (χ4v) is 1.85. The molecule has 0 unspecified atom stereocenters. The molecule has 0 amide bonds. The molecule has 3 heteroatoms. The molecule has 1 fully saturated rings. The van der Waals surface area contributed by atoms with Crippen LogP contribution in [0.1, 0.15) is 33.6 Å². The second-order valence-electron chi connectivity index (χ2n) is 4.98. The van der Waals surface area contributed by atoms with Crippen LogP contribution in [0, 0.1) is 0 Å². The smallest absolute Gasteiger partial charge is 0.323 e. The Balaban J connectivity index is 2.54. The summed E-state index contributed by atoms with van der Waals surface area (Å²) >= 11 is 0. The molecule has 1 aliphatic heterocycles. The highest BCUT2D eigenvalue weighted by molar-refractivity contribution is 5.76. The summed E-state index contributed by atoms with van der Waals surface area (Å²) in [6, 6.07) is -0.0674. The number of carbonyl (C=O) groups excluding carboxylic acids is 1. The highest BCUT2D eigenvalue weighted by atomic mass is 16.6. The van der Waals surface area contributed by atoms with E-state index in [0.29, 0.717) is 0 Å². The van der Waals surface area contributed by atoms with Crippen molar-refractivity contribution in [1.29, 1.82) is 0 Å². The van der Waals surface area contributed by atoms with Gasteiger partial charge in [-0.3, -0.25) is 9.69 Å². The van der Waals surface area contributed by atoms with Crippen LogP contribution in [0.4, 0.5) is 0 Å². The third kappa shape index (κ3) is 3.67. The number of hydrogen-bond donors (Lipinski definition) is 0. The molecule has 0 radical (unpaired) electrons. The van der Waals surface area contributed by atoms with Crippen LogP contribution in [-0.2, 0) is 9.53 Å². The van der Waals surface area contributed by atoms with Gasteiger partial charge in [0.1, 0.15) is 11.6 Å². The van der Waals surface area contributed by atoms with Crippen LogP contribution in [0.25, 0.3) is 0 Å². The van der Waals surface area contributed by atoms with Crippen LogP contribution in [0.5, 0.6) is 0 Å². The Morgan fingerprint density at radius 2 is 2.27 bits per heavy atom. The summed E-state index contributed by atoms with van der Waals surface area (Å²) in [6.07, 6.45) is 3.81. The van der Waals surface area contributed by atoms with Crippen molar-refractivity contribution in [2.75, 3.05) is 13.1 Å². The first-order valence-corrected chi connectivity index (χ1v) is 5.52. The molecular weight excluding hydrogens is 190 g/mol. The number of nitrogens with zero attached hydrogens (tertiary/aromatic N) is 1. The Morgan fingerprint density at radius 1 is 1.60 bits per heavy atom. The molecular formula is C12H21NO2. The first-order chi connectivity index (χ1) is 6.94. The monoisotopic (exact) mass is 211 g/mol. The van der Waals surface area contributed by atoms with Crippen molar-refractivity contribution >= 4 is 5.97 Å². The summed E-state index contributed by atoms with van der Waals surface area (Å²) in [7, 11) is 0. The zero-order valence-electron chi connectivity index (χ0n) is 9.95. The third-order valence-electron chi connectivity index (χ3n) is 2.41. The minimum Gasteiger partial charge on any atom is -0.459 e. The molecule has 1 saturated heterocycles. The van der Waals surface area contributed by atoms with Crippen molar-refractivity contribution in [3.05, 3.63) is 12.7 Å². The maximum atomic E-state index is 11.8. The van der Waals surface area contributed by atoms with Gasteiger partial charge >= 0.3 is 5.97 Å². The quantitative estimate of drug-likeness (QED) is 0.528. The highest BCUT2D eigenvalue weighted by Crippen LogP contribution is 2.20. The van der Waals surface area contributed by atoms with Crippen molar-refractivity contribution in [3.8, 4) is 0 Å². The first-order valence-electron chi connectivity index (χ1n) is 5.52. The van der Waals surface area contributed by atoms with Crippen molar-refractivity contribution in [1.82, 2.24) is 4.90 Å². The average Bonchev–Trinajstić information content (AvgIpc) is 2.49. The van der Waals surface area contributed by atoms with Crippen LogP contribution >= 0.6 is 0 Å². The predicted octanol–water partition coefficient (Wildman–Crippen LogP) is 1.98. The second-order valence-corrected chi connectivity index (χ2v) is 4.98. The van der Waals surface area contributed by atoms with E-state index < -0.39 is 0 Å². The molecule has 0 spiro atoms. The molecule has 1 heterocycles. The lowest BCUT2D eigenvalue weighted by Gasteiger charge is -2.26. The molecule has 15 heavy (non-hydrogen) atoms. The fourth-order valence-electron chi connectivity index (χ4n) is 1.85. The van der Waals surface area contributed by atoms with E-state index in [1.165, 1.54) is 0 Å². The molecule has 0 aromatic heterocycles. The van der Waals surface area contributed by atoms with E-state index >= 15 is 0 Å². The topological polar surface area (TPSA) is 29.5 Å². The maximum absolute atomic E-state index is 11.8. The molecule has 86 valence electrons. The van der Waals surface area contributed by atoms with E-state index in [-0.39, 0.29) is 17.6 Å². The second kappa shape index (κ2) is 4.79. The normalized spacial score (nSPS) is 22.7. The van der Waals surface area contributed by atoms with Gasteiger partial charge in [-0.05, 0) is 40.2 Å². The van der Waals surface area contributed by atoms with Gasteiger partial charge in [0, 0.05) is 6.54 Å². The molecule has 0 saturated carbocycles. The van der Waals surface area contributed by atoms with Crippen molar-refractivity contribution in [2.45, 2.75) is 45.3 Å². The van der Waals surface area contributed by atoms with Gasteiger partial charge in [0.2, 0.25) is 0 Å². The van der Waals surface area contributed by atoms with E-state index in [9.17, 15) is 4.79 Å². The average molecular weight is 211 g/mol. The lowest BCUT2D eigenvalue weighted by molar-refractivity contribution is -0.160. The largest absolute Gasteiger partial charge is 0.459 e. The molecule has 1 atom stereocenters. The van der Waals surface area contributed by atoms with E-state index in [0.717, 1.165) is 25.9 Å². The van der Waals surface area contributed by atoms with Crippen LogP contribution in [0.2, 0.25) is 0 Å². The van der Waals surface area contributed by atoms with E-state index in [1.807, 2.05) is 26.8 Å². The molecule has 1 rings (SSSR count). The van der Waals surface area contributed by atoms with Crippen molar-refractivity contribution < 1.29 is 9.53 Å². The van der Waals surface area contributed by atoms with Crippen LogP contribution < -0.4 is 0 Å². The van der Waals surface area contributed by atoms with Gasteiger partial charge in [-0.25, -0.2) is 0 Å². The van der Waals surface area contributed by atoms with Gasteiger partial charge < -0.3 is 4.74 Å². The Bertz CT molecular complexity index is 242. The summed E-state index contributed by atoms with van der Waals surface area (Å²) in [5, 5.41) is 0. The summed E-state index contributed by atoms with van der Waals surface area (Å²) in [4.78, 5) is 14.0. The molecule has 1 aliphatic rings. The number of ether oxygens (including phenoxy) is 1. The standard InChI is InChI=1S/C12H21NO2/c1-5-8-13-9-6-7-10(13)11(14)15-12(2,3)4/h5,10H,1,6-9H2,2-4H3/t10-/m0/s1. The Morgan fingerprint density at radius 3 is 2.80 bits per heavy atom. The van der Waals surface area contributed by atoms with Crippen molar-refractivity contribution in [3.63, 3.8) is 0 Å². The van der Waals surface area contributed by atoms with Crippen molar-refractivity contribution in [2.24, 2.45) is 0 Å². The maximum Gasteiger partial charge on any atom is 0.323 e. The fraction of sp³-hybridized carbons (Fsp3) is 0.750. The lowest BCUT2D eigenvalue weighted by Crippen LogP contribution is -2.40. The number of likely N-dealkylation sites (tertiary alicyclic amines) is 1. The zero-order valence-corrected chi connectivity index (χ0v) is 9.95. The van der Waals surface area contributed by atoms with Gasteiger partial charge in [0.25, 0.3) is 0 Å². The number of esters is 1. The summed E-state index contributed by atoms with van der Waals surface area (Å²) in [6.45, 7) is 11.1. The van der Waals surface area contributed by atoms with E-state index in [4.69, 9.17) is 4.74 Å². The minimum atomic E-state index is -0.389. The first kappa shape index (κ1) is 12.2. The highest BCUT2D eigenvalue weighted by Gasteiger charge is 2.33. The number of carbonyl (C=O) groups is 1. The van der Waals surface area contributed by atoms with Gasteiger partial charge in [-0.1, -0.05) is 6.08 Å². The summed E-state index contributed by atoms with van der Waals surface area (Å²) in [5.74, 6) is -0.0955. The SMILES string of the molecule is C=CCN1CCC[C@H]1C(=O)OC(C)(C)C. The van der Waals surface area contributed by atoms with E-state index in [1.54, 1.807) is 0 Å². The molecule has 0 bridgehead atoms. The van der Waals surface area contributed by atoms with Crippen LogP contribution in [-0.4, -0.2) is 35.6 Å². The Kier molecular flexibility index (Phi) is 3.91. The lowest BCUT2D eigenvalue weighted by atomic mass is 10.1. The minimum absolute atomic E-state index is 0.0674. The molecule has 0 aliphatic carbocycles.